The molecule has 0 saturated carbocycles. The number of nitrogens with one attached hydrogen (secondary N) is 2. The molecule has 5 heteroatoms. The van der Waals surface area contributed by atoms with E-state index < -0.39 is 0 Å². The van der Waals surface area contributed by atoms with E-state index in [1.54, 1.807) is 0 Å². The van der Waals surface area contributed by atoms with Crippen LogP contribution in [0.4, 0.5) is 0 Å². The molecule has 1 fully saturated rings. The van der Waals surface area contributed by atoms with E-state index in [1.807, 2.05) is 31.2 Å². The van der Waals surface area contributed by atoms with Crippen LogP contribution in [0.25, 0.3) is 0 Å². The number of benzene rings is 1. The maximum atomic E-state index is 11.6. The first kappa shape index (κ1) is 15.9. The summed E-state index contributed by atoms with van der Waals surface area (Å²) in [6.07, 6.45) is 0. The molecule has 0 aliphatic carbocycles. The molecule has 21 heavy (non-hydrogen) atoms. The largest absolute Gasteiger partial charge is 0.462 e. The second kappa shape index (κ2) is 8.77. The molecule has 2 rings (SSSR count). The number of carbonyl (C=O) groups excluding carboxylic acids is 1. The lowest BCUT2D eigenvalue weighted by Crippen LogP contribution is -2.33. The fourth-order valence-electron chi connectivity index (χ4n) is 2.39. The topological polar surface area (TPSA) is 53.6 Å². The number of ether oxygens (including phenoxy) is 1. The number of hydrogen-bond acceptors (Lipinski definition) is 5. The van der Waals surface area contributed by atoms with E-state index in [4.69, 9.17) is 4.74 Å². The number of hydrogen-bond donors (Lipinski definition) is 2. The summed E-state index contributed by atoms with van der Waals surface area (Å²) < 4.78 is 5.00. The smallest absolute Gasteiger partial charge is 0.338 e. The molecule has 0 amide bonds. The molecule has 0 atom stereocenters. The third kappa shape index (κ3) is 5.46. The van der Waals surface area contributed by atoms with E-state index >= 15 is 0 Å². The summed E-state index contributed by atoms with van der Waals surface area (Å²) in [5.74, 6) is -0.250. The highest BCUT2D eigenvalue weighted by molar-refractivity contribution is 5.89. The number of rotatable bonds is 4. The predicted molar refractivity (Wildman–Crippen MR) is 83.4 cm³/mol. The molecule has 1 aliphatic heterocycles. The van der Waals surface area contributed by atoms with E-state index in [2.05, 4.69) is 15.5 Å². The Balaban J connectivity index is 1.90. The van der Waals surface area contributed by atoms with Crippen molar-refractivity contribution >= 4 is 5.97 Å². The molecule has 116 valence electrons. The standard InChI is InChI=1S/C16H25N3O2/c1-2-21-16(20)15-5-3-14(4-6-15)13-19-11-9-17-7-8-18-10-12-19/h3-6,17-18H,2,7-13H2,1H3. The average molecular weight is 291 g/mol. The van der Waals surface area contributed by atoms with Gasteiger partial charge in [0.05, 0.1) is 12.2 Å². The average Bonchev–Trinajstić information content (AvgIpc) is 2.62. The molecule has 0 spiro atoms. The zero-order chi connectivity index (χ0) is 14.9. The van der Waals surface area contributed by atoms with Gasteiger partial charge in [-0.25, -0.2) is 4.79 Å². The SMILES string of the molecule is CCOC(=O)c1ccc(CN2CCNCCNCC2)cc1. The van der Waals surface area contributed by atoms with E-state index in [1.165, 1.54) is 5.56 Å². The van der Waals surface area contributed by atoms with Crippen molar-refractivity contribution in [1.82, 2.24) is 15.5 Å². The molecule has 1 heterocycles. The summed E-state index contributed by atoms with van der Waals surface area (Å²) in [5.41, 5.74) is 1.84. The van der Waals surface area contributed by atoms with Crippen molar-refractivity contribution in [3.63, 3.8) is 0 Å². The van der Waals surface area contributed by atoms with Crippen LogP contribution >= 0.6 is 0 Å². The van der Waals surface area contributed by atoms with Crippen molar-refractivity contribution in [3.05, 3.63) is 35.4 Å². The molecule has 1 aromatic carbocycles. The molecule has 2 N–H and O–H groups in total. The highest BCUT2D eigenvalue weighted by Gasteiger charge is 2.09. The van der Waals surface area contributed by atoms with E-state index in [9.17, 15) is 4.79 Å². The Bertz CT molecular complexity index is 424. The molecule has 0 bridgehead atoms. The first-order valence-corrected chi connectivity index (χ1v) is 7.69. The van der Waals surface area contributed by atoms with Crippen molar-refractivity contribution in [2.75, 3.05) is 45.9 Å². The minimum Gasteiger partial charge on any atom is -0.462 e. The Hall–Kier alpha value is -1.43. The maximum Gasteiger partial charge on any atom is 0.338 e. The van der Waals surface area contributed by atoms with Crippen LogP contribution in [0.3, 0.4) is 0 Å². The van der Waals surface area contributed by atoms with Crippen LogP contribution in [-0.4, -0.2) is 56.7 Å². The van der Waals surface area contributed by atoms with Crippen LogP contribution in [0, 0.1) is 0 Å². The van der Waals surface area contributed by atoms with Gasteiger partial charge in [0.25, 0.3) is 0 Å². The van der Waals surface area contributed by atoms with Gasteiger partial charge in [0.15, 0.2) is 0 Å². The van der Waals surface area contributed by atoms with Gasteiger partial charge < -0.3 is 15.4 Å². The zero-order valence-corrected chi connectivity index (χ0v) is 12.7. The number of carbonyl (C=O) groups is 1. The Kier molecular flexibility index (Phi) is 6.66. The van der Waals surface area contributed by atoms with Crippen LogP contribution in [0.15, 0.2) is 24.3 Å². The molecular formula is C16H25N3O2. The van der Waals surface area contributed by atoms with Crippen molar-refractivity contribution in [2.45, 2.75) is 13.5 Å². The minimum atomic E-state index is -0.250. The molecule has 0 radical (unpaired) electrons. The van der Waals surface area contributed by atoms with Crippen molar-refractivity contribution < 1.29 is 9.53 Å². The summed E-state index contributed by atoms with van der Waals surface area (Å²) in [6, 6.07) is 7.72. The van der Waals surface area contributed by atoms with Crippen LogP contribution in [0.5, 0.6) is 0 Å². The number of nitrogens with zero attached hydrogens (tertiary/aromatic N) is 1. The molecule has 0 aromatic heterocycles. The van der Waals surface area contributed by atoms with Gasteiger partial charge >= 0.3 is 5.97 Å². The van der Waals surface area contributed by atoms with Gasteiger partial charge in [0.1, 0.15) is 0 Å². The third-order valence-electron chi connectivity index (χ3n) is 3.56. The van der Waals surface area contributed by atoms with Crippen LogP contribution in [-0.2, 0) is 11.3 Å². The van der Waals surface area contributed by atoms with Crippen molar-refractivity contribution in [1.29, 1.82) is 0 Å². The quantitative estimate of drug-likeness (QED) is 0.806. The van der Waals surface area contributed by atoms with Crippen LogP contribution < -0.4 is 10.6 Å². The van der Waals surface area contributed by atoms with Gasteiger partial charge in [-0.1, -0.05) is 12.1 Å². The van der Waals surface area contributed by atoms with Crippen molar-refractivity contribution in [2.24, 2.45) is 0 Å². The highest BCUT2D eigenvalue weighted by Crippen LogP contribution is 2.09. The lowest BCUT2D eigenvalue weighted by Gasteiger charge is -2.21. The summed E-state index contributed by atoms with van der Waals surface area (Å²) in [7, 11) is 0. The fraction of sp³-hybridized carbons (Fsp3) is 0.562. The Morgan fingerprint density at radius 3 is 2.29 bits per heavy atom. The van der Waals surface area contributed by atoms with E-state index in [0.717, 1.165) is 45.8 Å². The zero-order valence-electron chi connectivity index (χ0n) is 12.7. The Labute approximate surface area is 126 Å². The summed E-state index contributed by atoms with van der Waals surface area (Å²) in [4.78, 5) is 14.0. The molecule has 1 aliphatic rings. The van der Waals surface area contributed by atoms with Gasteiger partial charge in [0.2, 0.25) is 0 Å². The third-order valence-corrected chi connectivity index (χ3v) is 3.56. The maximum absolute atomic E-state index is 11.6. The summed E-state index contributed by atoms with van der Waals surface area (Å²) in [6.45, 7) is 9.32. The van der Waals surface area contributed by atoms with Gasteiger partial charge in [-0.3, -0.25) is 4.90 Å². The second-order valence-corrected chi connectivity index (χ2v) is 5.19. The second-order valence-electron chi connectivity index (χ2n) is 5.19. The first-order valence-electron chi connectivity index (χ1n) is 7.69. The highest BCUT2D eigenvalue weighted by atomic mass is 16.5. The monoisotopic (exact) mass is 291 g/mol. The molecule has 1 saturated heterocycles. The molecule has 0 unspecified atom stereocenters. The number of esters is 1. The summed E-state index contributed by atoms with van der Waals surface area (Å²) in [5, 5.41) is 6.83. The van der Waals surface area contributed by atoms with Gasteiger partial charge in [0, 0.05) is 45.8 Å². The summed E-state index contributed by atoms with van der Waals surface area (Å²) >= 11 is 0. The lowest BCUT2D eigenvalue weighted by molar-refractivity contribution is 0.0526. The predicted octanol–water partition coefficient (Wildman–Crippen LogP) is 0.858. The molecular weight excluding hydrogens is 266 g/mol. The normalized spacial score (nSPS) is 17.6. The Morgan fingerprint density at radius 1 is 1.10 bits per heavy atom. The Morgan fingerprint density at radius 2 is 1.71 bits per heavy atom. The van der Waals surface area contributed by atoms with Crippen molar-refractivity contribution in [3.8, 4) is 0 Å². The van der Waals surface area contributed by atoms with E-state index in [0.29, 0.717) is 12.2 Å². The lowest BCUT2D eigenvalue weighted by atomic mass is 10.1. The molecule has 5 nitrogen and oxygen atoms in total. The van der Waals surface area contributed by atoms with Crippen LogP contribution in [0.2, 0.25) is 0 Å². The fourth-order valence-corrected chi connectivity index (χ4v) is 2.39. The van der Waals surface area contributed by atoms with E-state index in [-0.39, 0.29) is 5.97 Å². The molecule has 1 aromatic rings. The van der Waals surface area contributed by atoms with Gasteiger partial charge in [-0.15, -0.1) is 0 Å². The van der Waals surface area contributed by atoms with Gasteiger partial charge in [-0.2, -0.15) is 0 Å². The minimum absolute atomic E-state index is 0.250. The van der Waals surface area contributed by atoms with Gasteiger partial charge in [-0.05, 0) is 24.6 Å². The first-order chi connectivity index (χ1) is 10.3. The van der Waals surface area contributed by atoms with Crippen LogP contribution in [0.1, 0.15) is 22.8 Å².